The molecule has 0 fully saturated rings. The first kappa shape index (κ1) is 13.4. The van der Waals surface area contributed by atoms with Crippen LogP contribution < -0.4 is 5.32 Å². The van der Waals surface area contributed by atoms with Gasteiger partial charge in [-0.05, 0) is 42.7 Å². The van der Waals surface area contributed by atoms with Crippen LogP contribution in [0.1, 0.15) is 5.56 Å². The fourth-order valence-electron chi connectivity index (χ4n) is 1.48. The van der Waals surface area contributed by atoms with Crippen molar-refractivity contribution >= 4 is 46.3 Å². The maximum absolute atomic E-state index is 5.84. The van der Waals surface area contributed by atoms with Crippen LogP contribution in [0.25, 0.3) is 0 Å². The smallest absolute Gasteiger partial charge is 0.110 e. The summed E-state index contributed by atoms with van der Waals surface area (Å²) in [6.45, 7) is 0. The summed E-state index contributed by atoms with van der Waals surface area (Å²) in [5.41, 5.74) is 1.95. The van der Waals surface area contributed by atoms with E-state index >= 15 is 0 Å². The van der Waals surface area contributed by atoms with Crippen molar-refractivity contribution in [2.24, 2.45) is 0 Å². The van der Waals surface area contributed by atoms with Crippen molar-refractivity contribution in [1.29, 1.82) is 0 Å². The zero-order valence-electron chi connectivity index (χ0n) is 9.81. The molecule has 0 aromatic heterocycles. The van der Waals surface area contributed by atoms with E-state index in [9.17, 15) is 0 Å². The lowest BCUT2D eigenvalue weighted by Gasteiger charge is -2.08. The quantitative estimate of drug-likeness (QED) is 0.642. The normalized spacial score (nSPS) is 10.1. The van der Waals surface area contributed by atoms with Gasteiger partial charge in [0.1, 0.15) is 4.99 Å². The van der Waals surface area contributed by atoms with Crippen LogP contribution in [-0.2, 0) is 0 Å². The Balaban J connectivity index is 2.08. The Bertz CT molecular complexity index is 535. The third kappa shape index (κ3) is 3.48. The lowest BCUT2D eigenvalue weighted by molar-refractivity contribution is 1.46. The lowest BCUT2D eigenvalue weighted by atomic mass is 10.2. The maximum atomic E-state index is 5.84. The highest BCUT2D eigenvalue weighted by Gasteiger charge is 2.01. The van der Waals surface area contributed by atoms with Gasteiger partial charge in [-0.15, -0.1) is 11.8 Å². The van der Waals surface area contributed by atoms with E-state index < -0.39 is 0 Å². The summed E-state index contributed by atoms with van der Waals surface area (Å²) >= 11 is 12.9. The molecule has 1 N–H and O–H groups in total. The van der Waals surface area contributed by atoms with Gasteiger partial charge < -0.3 is 5.32 Å². The molecule has 0 bridgehead atoms. The molecule has 92 valence electrons. The molecule has 0 heterocycles. The second-order valence-corrected chi connectivity index (χ2v) is 5.41. The fourth-order valence-corrected chi connectivity index (χ4v) is 2.27. The largest absolute Gasteiger partial charge is 0.346 e. The molecule has 0 saturated carbocycles. The zero-order chi connectivity index (χ0) is 13.0. The zero-order valence-corrected chi connectivity index (χ0v) is 12.2. The highest BCUT2D eigenvalue weighted by Crippen LogP contribution is 2.18. The van der Waals surface area contributed by atoms with Crippen molar-refractivity contribution in [3.05, 3.63) is 59.1 Å². The van der Waals surface area contributed by atoms with Crippen molar-refractivity contribution in [1.82, 2.24) is 0 Å². The molecule has 0 saturated heterocycles. The maximum Gasteiger partial charge on any atom is 0.110 e. The average Bonchev–Trinajstić information content (AvgIpc) is 2.40. The van der Waals surface area contributed by atoms with Crippen LogP contribution in [0.2, 0.25) is 5.02 Å². The molecular formula is C14H12ClNS2. The summed E-state index contributed by atoms with van der Waals surface area (Å²) in [6.07, 6.45) is 2.06. The summed E-state index contributed by atoms with van der Waals surface area (Å²) < 4.78 is 0. The molecule has 0 aliphatic rings. The van der Waals surface area contributed by atoms with Crippen molar-refractivity contribution in [3.63, 3.8) is 0 Å². The molecule has 0 amide bonds. The van der Waals surface area contributed by atoms with Crippen LogP contribution in [0.5, 0.6) is 0 Å². The van der Waals surface area contributed by atoms with Gasteiger partial charge in [0.05, 0.1) is 0 Å². The molecule has 0 aliphatic carbocycles. The first-order valence-corrected chi connectivity index (χ1v) is 7.41. The van der Waals surface area contributed by atoms with Gasteiger partial charge in [0, 0.05) is 21.2 Å². The monoisotopic (exact) mass is 293 g/mol. The number of anilines is 1. The molecule has 0 unspecified atom stereocenters. The number of hydrogen-bond acceptors (Lipinski definition) is 2. The van der Waals surface area contributed by atoms with Gasteiger partial charge in [-0.25, -0.2) is 0 Å². The molecule has 1 nitrogen and oxygen atoms in total. The van der Waals surface area contributed by atoms with Crippen molar-refractivity contribution < 1.29 is 0 Å². The van der Waals surface area contributed by atoms with Crippen LogP contribution in [0.3, 0.4) is 0 Å². The van der Waals surface area contributed by atoms with Crippen molar-refractivity contribution in [2.45, 2.75) is 4.90 Å². The Kier molecular flexibility index (Phi) is 4.64. The van der Waals surface area contributed by atoms with E-state index in [1.54, 1.807) is 11.8 Å². The summed E-state index contributed by atoms with van der Waals surface area (Å²) in [7, 11) is 0. The lowest BCUT2D eigenvalue weighted by Crippen LogP contribution is -2.10. The average molecular weight is 294 g/mol. The second kappa shape index (κ2) is 6.23. The molecular weight excluding hydrogens is 282 g/mol. The van der Waals surface area contributed by atoms with Crippen LogP contribution in [-0.4, -0.2) is 11.2 Å². The third-order valence-corrected chi connectivity index (χ3v) is 3.79. The standard InChI is InChI=1S/C14H12ClNS2/c1-18-13-8-6-12(7-9-13)16-14(17)10-2-4-11(15)5-3-10/h2-9H,1H3,(H,16,17). The predicted octanol–water partition coefficient (Wildman–Crippen LogP) is 4.85. The number of halogens is 1. The molecule has 2 aromatic rings. The van der Waals surface area contributed by atoms with Crippen molar-refractivity contribution in [2.75, 3.05) is 11.6 Å². The Morgan fingerprint density at radius 1 is 1.06 bits per heavy atom. The third-order valence-electron chi connectivity index (χ3n) is 2.45. The minimum absolute atomic E-state index is 0.698. The van der Waals surface area contributed by atoms with Gasteiger partial charge in [0.25, 0.3) is 0 Å². The molecule has 0 atom stereocenters. The van der Waals surface area contributed by atoms with E-state index in [0.717, 1.165) is 11.3 Å². The Morgan fingerprint density at radius 3 is 2.22 bits per heavy atom. The van der Waals surface area contributed by atoms with E-state index in [0.29, 0.717) is 10.0 Å². The molecule has 2 aromatic carbocycles. The van der Waals surface area contributed by atoms with E-state index in [2.05, 4.69) is 23.7 Å². The SMILES string of the molecule is CSc1ccc(NC(=S)c2ccc(Cl)cc2)cc1. The van der Waals surface area contributed by atoms with Gasteiger partial charge in [0.2, 0.25) is 0 Å². The number of benzene rings is 2. The fraction of sp³-hybridized carbons (Fsp3) is 0.0714. The van der Waals surface area contributed by atoms with Crippen LogP contribution in [0, 0.1) is 0 Å². The highest BCUT2D eigenvalue weighted by molar-refractivity contribution is 7.98. The van der Waals surface area contributed by atoms with E-state index in [4.69, 9.17) is 23.8 Å². The van der Waals surface area contributed by atoms with Crippen molar-refractivity contribution in [3.8, 4) is 0 Å². The minimum atomic E-state index is 0.698. The topological polar surface area (TPSA) is 12.0 Å². The van der Waals surface area contributed by atoms with Gasteiger partial charge in [-0.1, -0.05) is 36.0 Å². The summed E-state index contributed by atoms with van der Waals surface area (Å²) in [5, 5.41) is 3.92. The minimum Gasteiger partial charge on any atom is -0.346 e. The van der Waals surface area contributed by atoms with Crippen LogP contribution >= 0.6 is 35.6 Å². The van der Waals surface area contributed by atoms with Gasteiger partial charge in [-0.3, -0.25) is 0 Å². The Morgan fingerprint density at radius 2 is 1.67 bits per heavy atom. The summed E-state index contributed by atoms with van der Waals surface area (Å²) in [4.78, 5) is 1.93. The van der Waals surface area contributed by atoms with E-state index in [-0.39, 0.29) is 0 Å². The molecule has 4 heteroatoms. The number of hydrogen-bond donors (Lipinski definition) is 1. The molecule has 2 rings (SSSR count). The number of thiocarbonyl (C=S) groups is 1. The van der Waals surface area contributed by atoms with Gasteiger partial charge in [0.15, 0.2) is 0 Å². The van der Waals surface area contributed by atoms with Crippen LogP contribution in [0.15, 0.2) is 53.4 Å². The Hall–Kier alpha value is -1.03. The van der Waals surface area contributed by atoms with Gasteiger partial charge in [-0.2, -0.15) is 0 Å². The van der Waals surface area contributed by atoms with E-state index in [1.165, 1.54) is 4.90 Å². The van der Waals surface area contributed by atoms with Crippen LogP contribution in [0.4, 0.5) is 5.69 Å². The number of rotatable bonds is 3. The van der Waals surface area contributed by atoms with Gasteiger partial charge >= 0.3 is 0 Å². The molecule has 18 heavy (non-hydrogen) atoms. The second-order valence-electron chi connectivity index (χ2n) is 3.69. The molecule has 0 radical (unpaired) electrons. The summed E-state index contributed by atoms with van der Waals surface area (Å²) in [5.74, 6) is 0. The first-order chi connectivity index (χ1) is 8.69. The summed E-state index contributed by atoms with van der Waals surface area (Å²) in [6, 6.07) is 15.7. The predicted molar refractivity (Wildman–Crippen MR) is 85.0 cm³/mol. The first-order valence-electron chi connectivity index (χ1n) is 5.40. The number of nitrogens with one attached hydrogen (secondary N) is 1. The highest BCUT2D eigenvalue weighted by atomic mass is 35.5. The molecule has 0 aliphatic heterocycles. The Labute approximate surface area is 122 Å². The number of thioether (sulfide) groups is 1. The molecule has 0 spiro atoms. The van der Waals surface area contributed by atoms with E-state index in [1.807, 2.05) is 36.4 Å².